The second kappa shape index (κ2) is 5.76. The van der Waals surface area contributed by atoms with E-state index >= 15 is 0 Å². The van der Waals surface area contributed by atoms with E-state index in [1.54, 1.807) is 6.07 Å². The number of methoxy groups -OCH3 is 1. The first-order valence-corrected chi connectivity index (χ1v) is 7.68. The first-order chi connectivity index (χ1) is 9.42. The van der Waals surface area contributed by atoms with Crippen LogP contribution in [0.15, 0.2) is 45.9 Å². The molecule has 0 aliphatic rings. The van der Waals surface area contributed by atoms with E-state index in [4.69, 9.17) is 4.74 Å². The van der Waals surface area contributed by atoms with Gasteiger partial charge in [-0.2, -0.15) is 0 Å². The second-order valence-electron chi connectivity index (χ2n) is 3.76. The summed E-state index contributed by atoms with van der Waals surface area (Å²) in [4.78, 5) is 3.88. The lowest BCUT2D eigenvalue weighted by Crippen LogP contribution is -2.14. The van der Waals surface area contributed by atoms with Crippen LogP contribution in [-0.4, -0.2) is 20.5 Å². The molecule has 0 aliphatic carbocycles. The maximum Gasteiger partial charge on any atom is 0.263 e. The highest BCUT2D eigenvalue weighted by Gasteiger charge is 2.17. The van der Waals surface area contributed by atoms with Crippen molar-refractivity contribution in [1.29, 1.82) is 0 Å². The molecule has 1 N–H and O–H groups in total. The molecule has 1 aromatic heterocycles. The number of sulfonamides is 1. The topological polar surface area (TPSA) is 68.3 Å². The van der Waals surface area contributed by atoms with Crippen molar-refractivity contribution in [1.82, 2.24) is 4.98 Å². The predicted molar refractivity (Wildman–Crippen MR) is 75.7 cm³/mol. The Balaban J connectivity index is 2.35. The average Bonchev–Trinajstić information content (AvgIpc) is 2.41. The molecule has 2 aromatic rings. The minimum absolute atomic E-state index is 0.0556. The minimum Gasteiger partial charge on any atom is -0.493 e. The van der Waals surface area contributed by atoms with Crippen molar-refractivity contribution < 1.29 is 17.5 Å². The lowest BCUT2D eigenvalue weighted by molar-refractivity contribution is 0.415. The molecule has 0 spiro atoms. The quantitative estimate of drug-likeness (QED) is 0.909. The average molecular weight is 361 g/mol. The molecule has 2 rings (SSSR count). The largest absolute Gasteiger partial charge is 0.493 e. The molecule has 0 unspecified atom stereocenters. The number of aromatic nitrogens is 1. The molecule has 0 bridgehead atoms. The van der Waals surface area contributed by atoms with E-state index in [9.17, 15) is 12.8 Å². The number of halogens is 2. The fraction of sp³-hybridized carbons (Fsp3) is 0.0833. The Kier molecular flexibility index (Phi) is 4.24. The van der Waals surface area contributed by atoms with Crippen LogP contribution in [0.5, 0.6) is 5.75 Å². The number of pyridine rings is 1. The molecule has 0 fully saturated rings. The van der Waals surface area contributed by atoms with Gasteiger partial charge in [0.2, 0.25) is 0 Å². The monoisotopic (exact) mass is 360 g/mol. The number of ether oxygens (including phenoxy) is 1. The first kappa shape index (κ1) is 14.7. The van der Waals surface area contributed by atoms with Gasteiger partial charge >= 0.3 is 0 Å². The summed E-state index contributed by atoms with van der Waals surface area (Å²) < 4.78 is 45.1. The SMILES string of the molecule is COc1cc(Br)cnc1NS(=O)(=O)c1ccc(F)cc1. The van der Waals surface area contributed by atoms with Crippen molar-refractivity contribution in [3.8, 4) is 5.75 Å². The van der Waals surface area contributed by atoms with Crippen LogP contribution in [0, 0.1) is 5.82 Å². The molecule has 5 nitrogen and oxygen atoms in total. The van der Waals surface area contributed by atoms with Crippen molar-refractivity contribution in [2.24, 2.45) is 0 Å². The maximum atomic E-state index is 12.8. The molecule has 8 heteroatoms. The van der Waals surface area contributed by atoms with E-state index in [1.165, 1.54) is 25.4 Å². The molecule has 106 valence electrons. The van der Waals surface area contributed by atoms with Crippen LogP contribution in [0.3, 0.4) is 0 Å². The third-order valence-corrected chi connectivity index (χ3v) is 4.18. The van der Waals surface area contributed by atoms with Gasteiger partial charge in [-0.1, -0.05) is 0 Å². The number of hydrogen-bond donors (Lipinski definition) is 1. The summed E-state index contributed by atoms with van der Waals surface area (Å²) in [6, 6.07) is 6.06. The Morgan fingerprint density at radius 1 is 1.30 bits per heavy atom. The van der Waals surface area contributed by atoms with Gasteiger partial charge in [0.25, 0.3) is 10.0 Å². The highest BCUT2D eigenvalue weighted by atomic mass is 79.9. The Morgan fingerprint density at radius 3 is 2.55 bits per heavy atom. The summed E-state index contributed by atoms with van der Waals surface area (Å²) in [5.74, 6) is -0.187. The van der Waals surface area contributed by atoms with E-state index in [-0.39, 0.29) is 16.5 Å². The van der Waals surface area contributed by atoms with Crippen LogP contribution in [-0.2, 0) is 10.0 Å². The predicted octanol–water partition coefficient (Wildman–Crippen LogP) is 2.79. The molecular formula is C12H10BrFN2O3S. The van der Waals surface area contributed by atoms with Crippen molar-refractivity contribution in [2.75, 3.05) is 11.8 Å². The minimum atomic E-state index is -3.85. The maximum absolute atomic E-state index is 12.8. The summed E-state index contributed by atoms with van der Waals surface area (Å²) in [6.07, 6.45) is 1.44. The molecule has 0 radical (unpaired) electrons. The molecule has 0 aliphatic heterocycles. The fourth-order valence-corrected chi connectivity index (χ4v) is 2.78. The van der Waals surface area contributed by atoms with E-state index in [0.717, 1.165) is 12.1 Å². The Bertz CT molecular complexity index is 720. The number of nitrogens with zero attached hydrogens (tertiary/aromatic N) is 1. The lowest BCUT2D eigenvalue weighted by atomic mass is 10.4. The molecule has 1 aromatic carbocycles. The van der Waals surface area contributed by atoms with Crippen molar-refractivity contribution in [2.45, 2.75) is 4.90 Å². The summed E-state index contributed by atoms with van der Waals surface area (Å²) in [5.41, 5.74) is 0. The smallest absolute Gasteiger partial charge is 0.263 e. The normalized spacial score (nSPS) is 11.2. The molecule has 0 saturated heterocycles. The molecule has 1 heterocycles. The Labute approximate surface area is 124 Å². The zero-order valence-electron chi connectivity index (χ0n) is 10.3. The second-order valence-corrected chi connectivity index (χ2v) is 6.36. The van der Waals surface area contributed by atoms with E-state index < -0.39 is 15.8 Å². The van der Waals surface area contributed by atoms with Crippen LogP contribution in [0.25, 0.3) is 0 Å². The van der Waals surface area contributed by atoms with Gasteiger partial charge in [0.1, 0.15) is 5.82 Å². The Morgan fingerprint density at radius 2 is 1.95 bits per heavy atom. The Hall–Kier alpha value is -1.67. The van der Waals surface area contributed by atoms with Crippen LogP contribution >= 0.6 is 15.9 Å². The third kappa shape index (κ3) is 3.26. The standard InChI is InChI=1S/C12H10BrFN2O3S/c1-19-11-6-8(13)7-15-12(11)16-20(17,18)10-4-2-9(14)3-5-10/h2-7H,1H3,(H,15,16). The zero-order chi connectivity index (χ0) is 14.8. The summed E-state index contributed by atoms with van der Waals surface area (Å²) >= 11 is 3.21. The molecule has 0 amide bonds. The van der Waals surface area contributed by atoms with Gasteiger partial charge in [-0.3, -0.25) is 4.72 Å². The highest BCUT2D eigenvalue weighted by molar-refractivity contribution is 9.10. The summed E-state index contributed by atoms with van der Waals surface area (Å²) in [7, 11) is -2.45. The fourth-order valence-electron chi connectivity index (χ4n) is 1.45. The number of nitrogens with one attached hydrogen (secondary N) is 1. The van der Waals surface area contributed by atoms with E-state index in [0.29, 0.717) is 4.47 Å². The number of benzene rings is 1. The summed E-state index contributed by atoms with van der Waals surface area (Å²) in [5, 5.41) is 0. The van der Waals surface area contributed by atoms with E-state index in [2.05, 4.69) is 25.6 Å². The summed E-state index contributed by atoms with van der Waals surface area (Å²) in [6.45, 7) is 0. The zero-order valence-corrected chi connectivity index (χ0v) is 12.7. The number of anilines is 1. The molecule has 0 atom stereocenters. The molecular weight excluding hydrogens is 351 g/mol. The molecule has 0 saturated carbocycles. The van der Waals surface area contributed by atoms with E-state index in [1.807, 2.05) is 0 Å². The number of hydrogen-bond acceptors (Lipinski definition) is 4. The van der Waals surface area contributed by atoms with Crippen LogP contribution < -0.4 is 9.46 Å². The van der Waals surface area contributed by atoms with Gasteiger partial charge in [-0.15, -0.1) is 0 Å². The molecule has 20 heavy (non-hydrogen) atoms. The van der Waals surface area contributed by atoms with Gasteiger partial charge in [0.05, 0.1) is 12.0 Å². The van der Waals surface area contributed by atoms with Gasteiger partial charge in [0, 0.05) is 10.7 Å². The van der Waals surface area contributed by atoms with Crippen molar-refractivity contribution in [3.63, 3.8) is 0 Å². The first-order valence-electron chi connectivity index (χ1n) is 5.40. The highest BCUT2D eigenvalue weighted by Crippen LogP contribution is 2.27. The van der Waals surface area contributed by atoms with Gasteiger partial charge in [0.15, 0.2) is 11.6 Å². The van der Waals surface area contributed by atoms with Gasteiger partial charge in [-0.05, 0) is 46.3 Å². The van der Waals surface area contributed by atoms with Crippen molar-refractivity contribution >= 4 is 31.8 Å². The van der Waals surface area contributed by atoms with Gasteiger partial charge in [-0.25, -0.2) is 17.8 Å². The van der Waals surface area contributed by atoms with Crippen LogP contribution in [0.1, 0.15) is 0 Å². The van der Waals surface area contributed by atoms with Gasteiger partial charge < -0.3 is 4.74 Å². The number of rotatable bonds is 4. The van der Waals surface area contributed by atoms with Crippen LogP contribution in [0.4, 0.5) is 10.2 Å². The third-order valence-electron chi connectivity index (χ3n) is 2.39. The van der Waals surface area contributed by atoms with Crippen LogP contribution in [0.2, 0.25) is 0 Å². The lowest BCUT2D eigenvalue weighted by Gasteiger charge is -2.11. The van der Waals surface area contributed by atoms with Crippen molar-refractivity contribution in [3.05, 3.63) is 46.8 Å².